The van der Waals surface area contributed by atoms with E-state index in [9.17, 15) is 13.2 Å². The van der Waals surface area contributed by atoms with Crippen molar-refractivity contribution in [3.05, 3.63) is 4.60 Å². The zero-order valence-electron chi connectivity index (χ0n) is 8.53. The van der Waals surface area contributed by atoms with Crippen molar-refractivity contribution in [3.63, 3.8) is 0 Å². The molecule has 0 aromatic carbocycles. The number of carboxylic acid groups (broad SMARTS) is 1. The van der Waals surface area contributed by atoms with Gasteiger partial charge < -0.3 is 10.2 Å². The number of carbonyl (C=O) groups is 1. The van der Waals surface area contributed by atoms with Gasteiger partial charge in [0.25, 0.3) is 10.0 Å². The number of carboxylic acids is 1. The molecular weight excluding hydrogens is 320 g/mol. The third kappa shape index (κ3) is 3.00. The number of nitrogens with one attached hydrogen (secondary N) is 1. The van der Waals surface area contributed by atoms with Crippen LogP contribution in [0.4, 0.5) is 0 Å². The Morgan fingerprint density at radius 1 is 1.65 bits per heavy atom. The first kappa shape index (κ1) is 14.0. The summed E-state index contributed by atoms with van der Waals surface area (Å²) in [5, 5.41) is 24.0. The van der Waals surface area contributed by atoms with Crippen molar-refractivity contribution in [2.45, 2.75) is 11.1 Å². The van der Waals surface area contributed by atoms with Gasteiger partial charge in [-0.3, -0.25) is 4.79 Å². The topological polar surface area (TPSA) is 134 Å². The van der Waals surface area contributed by atoms with Crippen molar-refractivity contribution in [3.8, 4) is 0 Å². The van der Waals surface area contributed by atoms with Gasteiger partial charge in [0.15, 0.2) is 4.60 Å². The largest absolute Gasteiger partial charge is 0.480 e. The maximum Gasteiger partial charge on any atom is 0.324 e. The van der Waals surface area contributed by atoms with Gasteiger partial charge in [0, 0.05) is 7.05 Å². The fourth-order valence-electron chi connectivity index (χ4n) is 1.02. The van der Waals surface area contributed by atoms with Gasteiger partial charge >= 0.3 is 5.97 Å². The Morgan fingerprint density at radius 3 is 2.59 bits per heavy atom. The van der Waals surface area contributed by atoms with E-state index in [4.69, 9.17) is 10.2 Å². The molecule has 0 amide bonds. The Kier molecular flexibility index (Phi) is 4.19. The predicted octanol–water partition coefficient (Wildman–Crippen LogP) is -1.70. The number of aliphatic carboxylic acids is 1. The lowest BCUT2D eigenvalue weighted by Gasteiger charge is -2.11. The van der Waals surface area contributed by atoms with Crippen LogP contribution in [0, 0.1) is 0 Å². The van der Waals surface area contributed by atoms with Gasteiger partial charge in [-0.15, -0.1) is 5.10 Å². The Bertz CT molecular complexity index is 507. The minimum Gasteiger partial charge on any atom is -0.480 e. The first-order chi connectivity index (χ1) is 7.79. The molecule has 0 spiro atoms. The molecule has 1 aromatic heterocycles. The van der Waals surface area contributed by atoms with Crippen LogP contribution >= 0.6 is 15.9 Å². The second-order valence-corrected chi connectivity index (χ2v) is 5.38. The summed E-state index contributed by atoms with van der Waals surface area (Å²) in [6.45, 7) is -0.864. The fraction of sp³-hybridized carbons (Fsp3) is 0.500. The number of aliphatic hydroxyl groups is 1. The van der Waals surface area contributed by atoms with Crippen LogP contribution in [0.15, 0.2) is 9.63 Å². The Balaban J connectivity index is 3.09. The molecular formula is C6H9BrN4O5S. The average molecular weight is 329 g/mol. The molecule has 3 N–H and O–H groups in total. The summed E-state index contributed by atoms with van der Waals surface area (Å²) in [6.07, 6.45) is 0. The van der Waals surface area contributed by atoms with Crippen LogP contribution in [-0.4, -0.2) is 52.2 Å². The van der Waals surface area contributed by atoms with Crippen LogP contribution in [0.2, 0.25) is 0 Å². The van der Waals surface area contributed by atoms with Crippen molar-refractivity contribution >= 4 is 31.9 Å². The van der Waals surface area contributed by atoms with E-state index in [1.165, 1.54) is 7.05 Å². The molecule has 1 rings (SSSR count). The second-order valence-electron chi connectivity index (χ2n) is 3.00. The summed E-state index contributed by atoms with van der Waals surface area (Å²) in [5.74, 6) is -1.48. The lowest BCUT2D eigenvalue weighted by molar-refractivity contribution is -0.139. The summed E-state index contributed by atoms with van der Waals surface area (Å²) in [7, 11) is -2.80. The number of hydrogen-bond acceptors (Lipinski definition) is 6. The van der Waals surface area contributed by atoms with Gasteiger partial charge in [-0.1, -0.05) is 5.21 Å². The van der Waals surface area contributed by atoms with Crippen LogP contribution in [0.25, 0.3) is 0 Å². The van der Waals surface area contributed by atoms with Gasteiger partial charge in [0.05, 0.1) is 6.61 Å². The van der Waals surface area contributed by atoms with Gasteiger partial charge in [-0.05, 0) is 15.9 Å². The van der Waals surface area contributed by atoms with Crippen LogP contribution in [0.5, 0.6) is 0 Å². The highest BCUT2D eigenvalue weighted by Crippen LogP contribution is 2.17. The lowest BCUT2D eigenvalue weighted by Crippen LogP contribution is -2.43. The molecule has 0 bridgehead atoms. The number of rotatable bonds is 5. The predicted molar refractivity (Wildman–Crippen MR) is 57.5 cm³/mol. The molecule has 1 aromatic rings. The fourth-order valence-corrected chi connectivity index (χ4v) is 3.29. The number of aryl methyl sites for hydroxylation is 1. The molecule has 11 heteroatoms. The molecule has 17 heavy (non-hydrogen) atoms. The van der Waals surface area contributed by atoms with Crippen LogP contribution in [0.3, 0.4) is 0 Å². The molecule has 0 unspecified atom stereocenters. The zero-order chi connectivity index (χ0) is 13.2. The van der Waals surface area contributed by atoms with Crippen molar-refractivity contribution in [2.24, 2.45) is 7.05 Å². The molecule has 96 valence electrons. The Morgan fingerprint density at radius 2 is 2.24 bits per heavy atom. The SMILES string of the molecule is Cn1nnc(Br)c1S(=O)(=O)N[C@@H](CO)C(=O)O. The van der Waals surface area contributed by atoms with E-state index in [0.29, 0.717) is 0 Å². The molecule has 0 fully saturated rings. The Hall–Kier alpha value is -1.04. The van der Waals surface area contributed by atoms with E-state index in [1.807, 2.05) is 4.72 Å². The molecule has 0 radical (unpaired) electrons. The van der Waals surface area contributed by atoms with E-state index in [-0.39, 0.29) is 9.63 Å². The number of hydrogen-bond donors (Lipinski definition) is 3. The number of halogens is 1. The quantitative estimate of drug-likeness (QED) is 0.586. The van der Waals surface area contributed by atoms with Crippen molar-refractivity contribution < 1.29 is 23.4 Å². The summed E-state index contributed by atoms with van der Waals surface area (Å²) in [4.78, 5) is 10.6. The maximum absolute atomic E-state index is 11.8. The molecule has 0 aliphatic heterocycles. The number of aromatic nitrogens is 3. The molecule has 0 saturated heterocycles. The maximum atomic E-state index is 11.8. The lowest BCUT2D eigenvalue weighted by atomic mass is 10.3. The third-order valence-corrected chi connectivity index (χ3v) is 4.13. The number of nitrogens with zero attached hydrogens (tertiary/aromatic N) is 3. The second kappa shape index (κ2) is 5.08. The van der Waals surface area contributed by atoms with Gasteiger partial charge in [-0.25, -0.2) is 13.1 Å². The minimum absolute atomic E-state index is 0.0467. The molecule has 1 atom stereocenters. The van der Waals surface area contributed by atoms with Gasteiger partial charge in [0.2, 0.25) is 5.03 Å². The molecule has 0 saturated carbocycles. The number of aliphatic hydroxyl groups excluding tert-OH is 1. The van der Waals surface area contributed by atoms with Gasteiger partial charge in [-0.2, -0.15) is 4.72 Å². The Labute approximate surface area is 105 Å². The molecule has 9 nitrogen and oxygen atoms in total. The molecule has 0 aliphatic carbocycles. The van der Waals surface area contributed by atoms with Crippen molar-refractivity contribution in [2.75, 3.05) is 6.61 Å². The van der Waals surface area contributed by atoms with Gasteiger partial charge in [0.1, 0.15) is 6.04 Å². The third-order valence-electron chi connectivity index (χ3n) is 1.77. The first-order valence-corrected chi connectivity index (χ1v) is 6.48. The monoisotopic (exact) mass is 328 g/mol. The summed E-state index contributed by atoms with van der Waals surface area (Å²) >= 11 is 2.88. The van der Waals surface area contributed by atoms with E-state index in [2.05, 4.69) is 26.2 Å². The first-order valence-electron chi connectivity index (χ1n) is 4.20. The van der Waals surface area contributed by atoms with Crippen molar-refractivity contribution in [1.82, 2.24) is 19.7 Å². The van der Waals surface area contributed by atoms with E-state index in [0.717, 1.165) is 4.68 Å². The number of sulfonamides is 1. The summed E-state index contributed by atoms with van der Waals surface area (Å²) in [6, 6.07) is -1.62. The molecule has 1 heterocycles. The van der Waals surface area contributed by atoms with Crippen LogP contribution in [-0.2, 0) is 21.9 Å². The standard InChI is InChI=1S/C6H9BrN4O5S/c1-11-5(4(7)8-10-11)17(15,16)9-3(2-12)6(13)14/h3,9,12H,2H2,1H3,(H,13,14)/t3-/m0/s1. The van der Waals surface area contributed by atoms with Crippen LogP contribution in [0.1, 0.15) is 0 Å². The minimum atomic E-state index is -4.13. The van der Waals surface area contributed by atoms with Crippen molar-refractivity contribution in [1.29, 1.82) is 0 Å². The zero-order valence-corrected chi connectivity index (χ0v) is 10.9. The highest BCUT2D eigenvalue weighted by Gasteiger charge is 2.29. The normalized spacial score (nSPS) is 13.6. The smallest absolute Gasteiger partial charge is 0.324 e. The highest BCUT2D eigenvalue weighted by atomic mass is 79.9. The summed E-state index contributed by atoms with van der Waals surface area (Å²) < 4.78 is 26.3. The highest BCUT2D eigenvalue weighted by molar-refractivity contribution is 9.10. The molecule has 0 aliphatic rings. The van der Waals surface area contributed by atoms with E-state index >= 15 is 0 Å². The summed E-state index contributed by atoms with van der Waals surface area (Å²) in [5.41, 5.74) is 0. The van der Waals surface area contributed by atoms with Crippen LogP contribution < -0.4 is 4.72 Å². The average Bonchev–Trinajstić information content (AvgIpc) is 2.55. The van der Waals surface area contributed by atoms with E-state index < -0.39 is 28.6 Å². The van der Waals surface area contributed by atoms with E-state index in [1.54, 1.807) is 0 Å².